The largest absolute Gasteiger partial charge is 0.376 e. The standard InChI is InChI=1S/C22H19NO3S/c24-20-15-17-11-7-8-14-19(17)23-21(16-9-3-1-4-10-16)22(20)27(25,26)18-12-5-2-6-13-18/h1-14,21-23H,15H2/t21-,22+/m1/s1. The van der Waals surface area contributed by atoms with E-state index in [1.165, 1.54) is 0 Å². The lowest BCUT2D eigenvalue weighted by molar-refractivity contribution is -0.118. The van der Waals surface area contributed by atoms with Crippen LogP contribution >= 0.6 is 0 Å². The minimum atomic E-state index is -3.86. The molecule has 5 heteroatoms. The Morgan fingerprint density at radius 1 is 0.778 bits per heavy atom. The number of Topliss-reactive ketones (excluding diaryl/α,β-unsaturated/α-hetero) is 1. The normalized spacial score (nSPS) is 19.6. The zero-order valence-corrected chi connectivity index (χ0v) is 15.4. The lowest BCUT2D eigenvalue weighted by atomic mass is 10.00. The number of sulfone groups is 1. The molecule has 3 aromatic carbocycles. The average molecular weight is 377 g/mol. The van der Waals surface area contributed by atoms with Crippen LogP contribution in [-0.2, 0) is 21.1 Å². The molecular weight excluding hydrogens is 358 g/mol. The Bertz CT molecular complexity index is 1060. The highest BCUT2D eigenvalue weighted by Crippen LogP contribution is 2.35. The highest BCUT2D eigenvalue weighted by molar-refractivity contribution is 7.92. The summed E-state index contributed by atoms with van der Waals surface area (Å²) in [5.74, 6) is -0.301. The van der Waals surface area contributed by atoms with E-state index in [2.05, 4.69) is 5.32 Å². The van der Waals surface area contributed by atoms with Gasteiger partial charge in [-0.05, 0) is 29.3 Å². The van der Waals surface area contributed by atoms with Crippen molar-refractivity contribution in [3.05, 3.63) is 96.1 Å². The second-order valence-corrected chi connectivity index (χ2v) is 8.68. The number of nitrogens with one attached hydrogen (secondary N) is 1. The first-order chi connectivity index (χ1) is 13.1. The average Bonchev–Trinajstić information content (AvgIpc) is 2.85. The van der Waals surface area contributed by atoms with Crippen LogP contribution in [0.4, 0.5) is 5.69 Å². The molecule has 0 saturated heterocycles. The molecular formula is C22H19NO3S. The van der Waals surface area contributed by atoms with E-state index in [4.69, 9.17) is 0 Å². The Balaban J connectivity index is 1.88. The zero-order chi connectivity index (χ0) is 18.9. The van der Waals surface area contributed by atoms with Crippen LogP contribution in [0, 0.1) is 0 Å². The summed E-state index contributed by atoms with van der Waals surface area (Å²) in [6.45, 7) is 0. The minimum absolute atomic E-state index is 0.0865. The number of hydrogen-bond acceptors (Lipinski definition) is 4. The van der Waals surface area contributed by atoms with Crippen molar-refractivity contribution in [1.82, 2.24) is 0 Å². The van der Waals surface area contributed by atoms with Crippen molar-refractivity contribution in [2.24, 2.45) is 0 Å². The van der Waals surface area contributed by atoms with Gasteiger partial charge in [0.1, 0.15) is 5.25 Å². The number of benzene rings is 3. The van der Waals surface area contributed by atoms with E-state index in [1.54, 1.807) is 30.3 Å². The summed E-state index contributed by atoms with van der Waals surface area (Å²) in [7, 11) is -3.86. The van der Waals surface area contributed by atoms with Crippen molar-refractivity contribution in [1.29, 1.82) is 0 Å². The van der Waals surface area contributed by atoms with Gasteiger partial charge in [0, 0.05) is 12.1 Å². The maximum Gasteiger partial charge on any atom is 0.190 e. The van der Waals surface area contributed by atoms with Crippen molar-refractivity contribution in [3.63, 3.8) is 0 Å². The fourth-order valence-electron chi connectivity index (χ4n) is 3.56. The SMILES string of the molecule is O=C1Cc2ccccc2N[C@H](c2ccccc2)[C@H]1S(=O)(=O)c1ccccc1. The van der Waals surface area contributed by atoms with Crippen molar-refractivity contribution in [2.75, 3.05) is 5.32 Å². The number of ketones is 1. The van der Waals surface area contributed by atoms with Crippen LogP contribution in [0.15, 0.2) is 89.8 Å². The summed E-state index contributed by atoms with van der Waals surface area (Å²) in [6.07, 6.45) is 0.0865. The van der Waals surface area contributed by atoms with Crippen LogP contribution in [0.2, 0.25) is 0 Å². The lowest BCUT2D eigenvalue weighted by Gasteiger charge is -2.26. The molecule has 0 aromatic heterocycles. The Morgan fingerprint density at radius 3 is 2.07 bits per heavy atom. The van der Waals surface area contributed by atoms with Gasteiger partial charge in [0.2, 0.25) is 0 Å². The Hall–Kier alpha value is -2.92. The number of carbonyl (C=O) groups excluding carboxylic acids is 1. The van der Waals surface area contributed by atoms with Gasteiger partial charge in [-0.25, -0.2) is 8.42 Å². The van der Waals surface area contributed by atoms with Gasteiger partial charge in [-0.15, -0.1) is 0 Å². The molecule has 4 nitrogen and oxygen atoms in total. The fraction of sp³-hybridized carbons (Fsp3) is 0.136. The Labute approximate surface area is 158 Å². The van der Waals surface area contributed by atoms with Gasteiger partial charge in [-0.2, -0.15) is 0 Å². The molecule has 1 aliphatic rings. The van der Waals surface area contributed by atoms with Gasteiger partial charge >= 0.3 is 0 Å². The third kappa shape index (κ3) is 3.26. The van der Waals surface area contributed by atoms with E-state index >= 15 is 0 Å². The predicted octanol–water partition coefficient (Wildman–Crippen LogP) is 3.81. The maximum atomic E-state index is 13.4. The zero-order valence-electron chi connectivity index (χ0n) is 14.6. The summed E-state index contributed by atoms with van der Waals surface area (Å²) in [5, 5.41) is 2.13. The third-order valence-corrected chi connectivity index (χ3v) is 7.01. The lowest BCUT2D eigenvalue weighted by Crippen LogP contribution is -2.39. The molecule has 0 unspecified atom stereocenters. The van der Waals surface area contributed by atoms with Crippen molar-refractivity contribution in [2.45, 2.75) is 22.6 Å². The number of rotatable bonds is 3. The fourth-order valence-corrected chi connectivity index (χ4v) is 5.40. The first kappa shape index (κ1) is 17.5. The van der Waals surface area contributed by atoms with E-state index < -0.39 is 21.1 Å². The van der Waals surface area contributed by atoms with Gasteiger partial charge < -0.3 is 5.32 Å². The van der Waals surface area contributed by atoms with Gasteiger partial charge in [0.25, 0.3) is 0 Å². The summed E-state index contributed by atoms with van der Waals surface area (Å²) in [4.78, 5) is 13.3. The molecule has 4 rings (SSSR count). The molecule has 0 spiro atoms. The highest BCUT2D eigenvalue weighted by Gasteiger charge is 2.43. The highest BCUT2D eigenvalue weighted by atomic mass is 32.2. The summed E-state index contributed by atoms with van der Waals surface area (Å²) >= 11 is 0. The topological polar surface area (TPSA) is 63.2 Å². The van der Waals surface area contributed by atoms with Crippen LogP contribution < -0.4 is 5.32 Å². The third-order valence-electron chi connectivity index (χ3n) is 4.88. The van der Waals surface area contributed by atoms with E-state index in [9.17, 15) is 13.2 Å². The second kappa shape index (κ2) is 7.00. The summed E-state index contributed by atoms with van der Waals surface area (Å²) in [6, 6.07) is 24.3. The Kier molecular flexibility index (Phi) is 4.54. The van der Waals surface area contributed by atoms with Crippen LogP contribution in [-0.4, -0.2) is 19.5 Å². The summed E-state index contributed by atoms with van der Waals surface area (Å²) in [5.41, 5.74) is 2.38. The molecule has 136 valence electrons. The molecule has 0 bridgehead atoms. The van der Waals surface area contributed by atoms with Gasteiger partial charge in [-0.3, -0.25) is 4.79 Å². The van der Waals surface area contributed by atoms with Crippen molar-refractivity contribution >= 4 is 21.3 Å². The number of anilines is 1. The smallest absolute Gasteiger partial charge is 0.190 e. The number of para-hydroxylation sites is 1. The van der Waals surface area contributed by atoms with Crippen LogP contribution in [0.1, 0.15) is 17.2 Å². The van der Waals surface area contributed by atoms with Crippen molar-refractivity contribution in [3.8, 4) is 0 Å². The van der Waals surface area contributed by atoms with Crippen LogP contribution in [0.3, 0.4) is 0 Å². The number of hydrogen-bond donors (Lipinski definition) is 1. The summed E-state index contributed by atoms with van der Waals surface area (Å²) < 4.78 is 26.8. The van der Waals surface area contributed by atoms with Crippen LogP contribution in [0.5, 0.6) is 0 Å². The van der Waals surface area contributed by atoms with E-state index in [1.807, 2.05) is 54.6 Å². The van der Waals surface area contributed by atoms with Crippen molar-refractivity contribution < 1.29 is 13.2 Å². The molecule has 0 amide bonds. The van der Waals surface area contributed by atoms with E-state index in [-0.39, 0.29) is 17.1 Å². The second-order valence-electron chi connectivity index (χ2n) is 6.61. The quantitative estimate of drug-likeness (QED) is 0.754. The molecule has 1 aliphatic heterocycles. The molecule has 0 aliphatic carbocycles. The molecule has 0 fully saturated rings. The first-order valence-electron chi connectivity index (χ1n) is 8.78. The molecule has 3 aromatic rings. The minimum Gasteiger partial charge on any atom is -0.376 e. The molecule has 0 saturated carbocycles. The van der Waals surface area contributed by atoms with Crippen LogP contribution in [0.25, 0.3) is 0 Å². The van der Waals surface area contributed by atoms with Gasteiger partial charge in [0.05, 0.1) is 10.9 Å². The van der Waals surface area contributed by atoms with E-state index in [0.29, 0.717) is 0 Å². The molecule has 1 N–H and O–H groups in total. The number of fused-ring (bicyclic) bond motifs is 1. The van der Waals surface area contributed by atoms with Gasteiger partial charge in [-0.1, -0.05) is 66.7 Å². The first-order valence-corrected chi connectivity index (χ1v) is 10.3. The molecule has 1 heterocycles. The van der Waals surface area contributed by atoms with E-state index in [0.717, 1.165) is 16.8 Å². The number of carbonyl (C=O) groups is 1. The maximum absolute atomic E-state index is 13.4. The molecule has 27 heavy (non-hydrogen) atoms. The monoisotopic (exact) mass is 377 g/mol. The predicted molar refractivity (Wildman–Crippen MR) is 105 cm³/mol. The Morgan fingerprint density at radius 2 is 1.37 bits per heavy atom. The molecule has 2 atom stereocenters. The molecule has 0 radical (unpaired) electrons. The van der Waals surface area contributed by atoms with Gasteiger partial charge in [0.15, 0.2) is 15.6 Å².